The van der Waals surface area contributed by atoms with Gasteiger partial charge in [0.25, 0.3) is 0 Å². The normalized spacial score (nSPS) is 14.5. The predicted octanol–water partition coefficient (Wildman–Crippen LogP) is 3.40. The molecular weight excluding hydrogens is 234 g/mol. The van der Waals surface area contributed by atoms with Gasteiger partial charge in [-0.1, -0.05) is 24.3 Å². The van der Waals surface area contributed by atoms with E-state index in [-0.39, 0.29) is 5.57 Å². The Hall–Kier alpha value is -2.78. The van der Waals surface area contributed by atoms with Gasteiger partial charge in [0.15, 0.2) is 0 Å². The van der Waals surface area contributed by atoms with Gasteiger partial charge in [-0.15, -0.1) is 0 Å². The molecule has 0 saturated carbocycles. The van der Waals surface area contributed by atoms with Crippen molar-refractivity contribution >= 4 is 11.3 Å². The number of para-hydroxylation sites is 1. The van der Waals surface area contributed by atoms with Crippen LogP contribution >= 0.6 is 0 Å². The van der Waals surface area contributed by atoms with Gasteiger partial charge in [-0.3, -0.25) is 0 Å². The zero-order valence-corrected chi connectivity index (χ0v) is 10.7. The van der Waals surface area contributed by atoms with Crippen LogP contribution in [0, 0.1) is 22.7 Å². The lowest BCUT2D eigenvalue weighted by Gasteiger charge is -2.26. The predicted molar refractivity (Wildman–Crippen MR) is 75.9 cm³/mol. The maximum absolute atomic E-state index is 8.73. The number of allylic oxidation sites excluding steroid dienone is 5. The Morgan fingerprint density at radius 2 is 2.00 bits per heavy atom. The summed E-state index contributed by atoms with van der Waals surface area (Å²) < 4.78 is 0. The quantitative estimate of drug-likeness (QED) is 0.752. The number of hydrogen-bond donors (Lipinski definition) is 0. The van der Waals surface area contributed by atoms with E-state index in [4.69, 9.17) is 10.5 Å². The van der Waals surface area contributed by atoms with Crippen LogP contribution < -0.4 is 4.90 Å². The third kappa shape index (κ3) is 2.56. The molecule has 0 aromatic heterocycles. The van der Waals surface area contributed by atoms with Crippen LogP contribution in [0.3, 0.4) is 0 Å². The van der Waals surface area contributed by atoms with Gasteiger partial charge in [0.1, 0.15) is 17.7 Å². The maximum Gasteiger partial charge on any atom is 0.129 e. The second kappa shape index (κ2) is 5.71. The van der Waals surface area contributed by atoms with Crippen LogP contribution in [-0.4, -0.2) is 6.54 Å². The zero-order chi connectivity index (χ0) is 13.7. The lowest BCUT2D eigenvalue weighted by molar-refractivity contribution is 1.01. The molecule has 19 heavy (non-hydrogen) atoms. The molecule has 0 spiro atoms. The Balaban J connectivity index is 2.46. The number of benzene rings is 1. The lowest BCUT2D eigenvalue weighted by atomic mass is 9.99. The molecule has 1 aromatic carbocycles. The Labute approximate surface area is 113 Å². The fraction of sp³-hybridized carbons (Fsp3) is 0.125. The molecule has 2 rings (SSSR count). The second-order valence-electron chi connectivity index (χ2n) is 4.04. The number of fused-ring (bicyclic) bond motifs is 1. The van der Waals surface area contributed by atoms with Crippen molar-refractivity contribution in [1.82, 2.24) is 0 Å². The van der Waals surface area contributed by atoms with Crippen molar-refractivity contribution in [3.63, 3.8) is 0 Å². The van der Waals surface area contributed by atoms with Gasteiger partial charge < -0.3 is 4.90 Å². The Bertz CT molecular complexity index is 635. The molecule has 1 heterocycles. The Kier molecular flexibility index (Phi) is 3.81. The molecule has 1 aliphatic heterocycles. The Morgan fingerprint density at radius 1 is 1.26 bits per heavy atom. The summed E-state index contributed by atoms with van der Waals surface area (Å²) >= 11 is 0. The first-order valence-corrected chi connectivity index (χ1v) is 6.06. The van der Waals surface area contributed by atoms with Crippen LogP contribution in [0.1, 0.15) is 12.5 Å². The number of rotatable bonds is 2. The summed E-state index contributed by atoms with van der Waals surface area (Å²) in [5.41, 5.74) is 3.36. The highest BCUT2D eigenvalue weighted by Gasteiger charge is 2.13. The highest BCUT2D eigenvalue weighted by atomic mass is 15.1. The second-order valence-corrected chi connectivity index (χ2v) is 4.04. The molecule has 0 amide bonds. The van der Waals surface area contributed by atoms with Crippen LogP contribution in [0.15, 0.2) is 54.3 Å². The number of nitrogens with zero attached hydrogens (tertiary/aromatic N) is 3. The minimum atomic E-state index is 0.108. The van der Waals surface area contributed by atoms with Gasteiger partial charge in [-0.05, 0) is 30.7 Å². The molecule has 92 valence electrons. The van der Waals surface area contributed by atoms with Gasteiger partial charge in [-0.25, -0.2) is 0 Å². The summed E-state index contributed by atoms with van der Waals surface area (Å²) in [7, 11) is 0. The lowest BCUT2D eigenvalue weighted by Crippen LogP contribution is -2.18. The number of nitriles is 2. The fourth-order valence-corrected chi connectivity index (χ4v) is 2.00. The maximum atomic E-state index is 8.73. The van der Waals surface area contributed by atoms with Crippen LogP contribution in [0.2, 0.25) is 0 Å². The molecule has 1 aliphatic rings. The molecule has 0 N–H and O–H groups in total. The average molecular weight is 247 g/mol. The van der Waals surface area contributed by atoms with Crippen LogP contribution in [0.4, 0.5) is 5.69 Å². The van der Waals surface area contributed by atoms with Crippen molar-refractivity contribution in [3.05, 3.63) is 59.8 Å². The zero-order valence-electron chi connectivity index (χ0n) is 10.7. The molecule has 0 unspecified atom stereocenters. The summed E-state index contributed by atoms with van der Waals surface area (Å²) in [5.74, 6) is 0. The van der Waals surface area contributed by atoms with Gasteiger partial charge >= 0.3 is 0 Å². The summed E-state index contributed by atoms with van der Waals surface area (Å²) in [6.45, 7) is 3.00. The number of anilines is 1. The summed E-state index contributed by atoms with van der Waals surface area (Å²) in [6, 6.07) is 11.8. The molecule has 3 nitrogen and oxygen atoms in total. The summed E-state index contributed by atoms with van der Waals surface area (Å²) in [4.78, 5) is 2.16. The highest BCUT2D eigenvalue weighted by molar-refractivity contribution is 5.87. The minimum absolute atomic E-state index is 0.108. The first-order valence-electron chi connectivity index (χ1n) is 6.06. The van der Waals surface area contributed by atoms with Gasteiger partial charge in [0, 0.05) is 24.0 Å². The molecule has 0 aliphatic carbocycles. The molecule has 1 aromatic rings. The minimum Gasteiger partial charge on any atom is -0.348 e. The molecular formula is C16H13N3. The SMILES string of the molecule is CCN1C=C/C(=C\C=C(C#N)C#N)c2ccccc21. The molecule has 0 radical (unpaired) electrons. The fourth-order valence-electron chi connectivity index (χ4n) is 2.00. The van der Waals surface area contributed by atoms with Crippen molar-refractivity contribution in [2.24, 2.45) is 0 Å². The van der Waals surface area contributed by atoms with Gasteiger partial charge in [0.2, 0.25) is 0 Å². The monoisotopic (exact) mass is 247 g/mol. The smallest absolute Gasteiger partial charge is 0.129 e. The molecule has 0 bridgehead atoms. The van der Waals surface area contributed by atoms with E-state index in [0.29, 0.717) is 0 Å². The van der Waals surface area contributed by atoms with Crippen molar-refractivity contribution in [2.75, 3.05) is 11.4 Å². The third-order valence-corrected chi connectivity index (χ3v) is 2.97. The van der Waals surface area contributed by atoms with E-state index in [1.54, 1.807) is 6.08 Å². The van der Waals surface area contributed by atoms with Crippen LogP contribution in [0.5, 0.6) is 0 Å². The highest BCUT2D eigenvalue weighted by Crippen LogP contribution is 2.32. The average Bonchev–Trinajstić information content (AvgIpc) is 2.48. The van der Waals surface area contributed by atoms with Crippen LogP contribution in [0.25, 0.3) is 5.57 Å². The van der Waals surface area contributed by atoms with E-state index in [2.05, 4.69) is 17.9 Å². The van der Waals surface area contributed by atoms with Crippen molar-refractivity contribution < 1.29 is 0 Å². The summed E-state index contributed by atoms with van der Waals surface area (Å²) in [6.07, 6.45) is 7.37. The molecule has 0 atom stereocenters. The van der Waals surface area contributed by atoms with E-state index >= 15 is 0 Å². The largest absolute Gasteiger partial charge is 0.348 e. The standard InChI is InChI=1S/C16H13N3/c1-2-19-10-9-14(8-7-13(11-17)12-18)15-5-3-4-6-16(15)19/h3-10H,2H2,1H3/b14-8+. The molecule has 0 fully saturated rings. The third-order valence-electron chi connectivity index (χ3n) is 2.97. The van der Waals surface area contributed by atoms with Crippen molar-refractivity contribution in [3.8, 4) is 12.1 Å². The number of hydrogen-bond acceptors (Lipinski definition) is 3. The molecule has 0 saturated heterocycles. The van der Waals surface area contributed by atoms with Gasteiger partial charge in [-0.2, -0.15) is 10.5 Å². The van der Waals surface area contributed by atoms with E-state index < -0.39 is 0 Å². The van der Waals surface area contributed by atoms with Crippen molar-refractivity contribution in [2.45, 2.75) is 6.92 Å². The summed E-state index contributed by atoms with van der Waals surface area (Å²) in [5, 5.41) is 17.5. The first kappa shape index (κ1) is 12.7. The van der Waals surface area contributed by atoms with E-state index in [9.17, 15) is 0 Å². The van der Waals surface area contributed by atoms with Crippen LogP contribution in [-0.2, 0) is 0 Å². The first-order chi connectivity index (χ1) is 9.30. The van der Waals surface area contributed by atoms with E-state index in [0.717, 1.165) is 23.4 Å². The Morgan fingerprint density at radius 3 is 2.68 bits per heavy atom. The molecule has 3 heteroatoms. The van der Waals surface area contributed by atoms with E-state index in [1.165, 1.54) is 0 Å². The van der Waals surface area contributed by atoms with Gasteiger partial charge in [0.05, 0.1) is 0 Å². The topological polar surface area (TPSA) is 50.8 Å². The van der Waals surface area contributed by atoms with Crippen molar-refractivity contribution in [1.29, 1.82) is 10.5 Å². The van der Waals surface area contributed by atoms with E-state index in [1.807, 2.05) is 48.7 Å².